The Morgan fingerprint density at radius 2 is 1.94 bits per heavy atom. The second-order valence-corrected chi connectivity index (χ2v) is 6.41. The molecule has 2 rings (SSSR count). The van der Waals surface area contributed by atoms with Crippen molar-refractivity contribution in [3.63, 3.8) is 0 Å². The van der Waals surface area contributed by atoms with Crippen LogP contribution in [-0.4, -0.2) is 60.5 Å². The van der Waals surface area contributed by atoms with E-state index in [4.69, 9.17) is 4.74 Å². The predicted molar refractivity (Wildman–Crippen MR) is 67.3 cm³/mol. The number of rotatable bonds is 0. The first-order valence-electron chi connectivity index (χ1n) is 6.45. The minimum atomic E-state index is -0.510. The molecule has 0 aromatic heterocycles. The molecule has 2 fully saturated rings. The zero-order chi connectivity index (χ0) is 13.5. The number of amides is 1. The highest BCUT2D eigenvalue weighted by molar-refractivity contribution is 5.88. The summed E-state index contributed by atoms with van der Waals surface area (Å²) >= 11 is 0. The summed E-state index contributed by atoms with van der Waals surface area (Å²) in [5.41, 5.74) is -0.510. The monoisotopic (exact) mass is 254 g/mol. The molecule has 0 bridgehead atoms. The lowest BCUT2D eigenvalue weighted by Gasteiger charge is -2.34. The number of piperidine rings is 1. The van der Waals surface area contributed by atoms with Crippen molar-refractivity contribution in [1.29, 1.82) is 0 Å². The SMILES string of the molecule is CN1C[C@H]2CN(C(=O)OC(C)(C)C)CC(=O)[C@@H]2C1. The van der Waals surface area contributed by atoms with Crippen molar-refractivity contribution in [3.8, 4) is 0 Å². The lowest BCUT2D eigenvalue weighted by Crippen LogP contribution is -2.50. The van der Waals surface area contributed by atoms with E-state index < -0.39 is 5.60 Å². The summed E-state index contributed by atoms with van der Waals surface area (Å²) in [6, 6.07) is 0. The lowest BCUT2D eigenvalue weighted by atomic mass is 9.88. The van der Waals surface area contributed by atoms with E-state index in [-0.39, 0.29) is 30.3 Å². The number of ether oxygens (including phenoxy) is 1. The summed E-state index contributed by atoms with van der Waals surface area (Å²) in [6.45, 7) is 8.05. The van der Waals surface area contributed by atoms with E-state index in [1.165, 1.54) is 0 Å². The third-order valence-electron chi connectivity index (χ3n) is 3.49. The fraction of sp³-hybridized carbons (Fsp3) is 0.846. The number of likely N-dealkylation sites (tertiary alicyclic amines) is 2. The summed E-state index contributed by atoms with van der Waals surface area (Å²) in [5.74, 6) is 0.541. The Bertz CT molecular complexity index is 362. The molecule has 0 N–H and O–H groups in total. The first-order chi connectivity index (χ1) is 8.26. The second kappa shape index (κ2) is 4.53. The number of ketones is 1. The molecule has 5 heteroatoms. The number of nitrogens with zero attached hydrogens (tertiary/aromatic N) is 2. The van der Waals surface area contributed by atoms with Gasteiger partial charge in [-0.2, -0.15) is 0 Å². The molecule has 2 atom stereocenters. The van der Waals surface area contributed by atoms with Crippen LogP contribution in [0.25, 0.3) is 0 Å². The van der Waals surface area contributed by atoms with E-state index in [2.05, 4.69) is 4.90 Å². The van der Waals surface area contributed by atoms with Gasteiger partial charge in [-0.1, -0.05) is 0 Å². The molecule has 0 unspecified atom stereocenters. The van der Waals surface area contributed by atoms with Gasteiger partial charge in [-0.3, -0.25) is 4.79 Å². The maximum Gasteiger partial charge on any atom is 0.410 e. The summed E-state index contributed by atoms with van der Waals surface area (Å²) in [7, 11) is 2.02. The maximum atomic E-state index is 12.0. The molecule has 18 heavy (non-hydrogen) atoms. The van der Waals surface area contributed by atoms with Crippen molar-refractivity contribution in [2.75, 3.05) is 33.2 Å². The van der Waals surface area contributed by atoms with Crippen molar-refractivity contribution in [3.05, 3.63) is 0 Å². The van der Waals surface area contributed by atoms with Crippen LogP contribution in [0.5, 0.6) is 0 Å². The fourth-order valence-corrected chi connectivity index (χ4v) is 2.76. The average Bonchev–Trinajstić information content (AvgIpc) is 2.56. The number of fused-ring (bicyclic) bond motifs is 1. The molecule has 0 spiro atoms. The van der Waals surface area contributed by atoms with E-state index >= 15 is 0 Å². The minimum absolute atomic E-state index is 0.105. The van der Waals surface area contributed by atoms with Gasteiger partial charge in [0.1, 0.15) is 5.60 Å². The standard InChI is InChI=1S/C13H22N2O3/c1-13(2,3)18-12(17)15-6-9-5-14(4)7-10(9)11(16)8-15/h9-10H,5-8H2,1-4H3/t9-,10+/m0/s1. The van der Waals surface area contributed by atoms with Gasteiger partial charge >= 0.3 is 6.09 Å². The Labute approximate surface area is 108 Å². The van der Waals surface area contributed by atoms with E-state index in [0.29, 0.717) is 6.54 Å². The van der Waals surface area contributed by atoms with Crippen LogP contribution < -0.4 is 0 Å². The van der Waals surface area contributed by atoms with Gasteiger partial charge in [0.25, 0.3) is 0 Å². The van der Waals surface area contributed by atoms with Gasteiger partial charge in [-0.15, -0.1) is 0 Å². The minimum Gasteiger partial charge on any atom is -0.444 e. The van der Waals surface area contributed by atoms with E-state index in [1.807, 2.05) is 27.8 Å². The highest BCUT2D eigenvalue weighted by Gasteiger charge is 2.43. The van der Waals surface area contributed by atoms with Gasteiger partial charge < -0.3 is 14.5 Å². The Kier molecular flexibility index (Phi) is 3.36. The Morgan fingerprint density at radius 3 is 2.56 bits per heavy atom. The quantitative estimate of drug-likeness (QED) is 0.646. The Morgan fingerprint density at radius 1 is 1.28 bits per heavy atom. The molecule has 0 aromatic rings. The van der Waals surface area contributed by atoms with Crippen molar-refractivity contribution >= 4 is 11.9 Å². The molecule has 0 radical (unpaired) electrons. The van der Waals surface area contributed by atoms with Gasteiger partial charge in [-0.25, -0.2) is 4.79 Å². The van der Waals surface area contributed by atoms with Crippen LogP contribution in [0.1, 0.15) is 20.8 Å². The number of carbonyl (C=O) groups excluding carboxylic acids is 2. The van der Waals surface area contributed by atoms with Crippen molar-refractivity contribution in [2.24, 2.45) is 11.8 Å². The van der Waals surface area contributed by atoms with Crippen LogP contribution in [-0.2, 0) is 9.53 Å². The number of Topliss-reactive ketones (excluding diaryl/α,β-unsaturated/α-hetero) is 1. The maximum absolute atomic E-state index is 12.0. The van der Waals surface area contributed by atoms with Gasteiger partial charge in [0.05, 0.1) is 6.54 Å². The third kappa shape index (κ3) is 2.83. The van der Waals surface area contributed by atoms with Crippen LogP contribution >= 0.6 is 0 Å². The molecule has 2 heterocycles. The summed E-state index contributed by atoms with van der Waals surface area (Å²) in [5, 5.41) is 0. The lowest BCUT2D eigenvalue weighted by molar-refractivity contribution is -0.127. The Hall–Kier alpha value is -1.10. The van der Waals surface area contributed by atoms with Crippen LogP contribution in [0.2, 0.25) is 0 Å². The second-order valence-electron chi connectivity index (χ2n) is 6.41. The smallest absolute Gasteiger partial charge is 0.410 e. The van der Waals surface area contributed by atoms with E-state index in [0.717, 1.165) is 13.1 Å². The fourth-order valence-electron chi connectivity index (χ4n) is 2.76. The molecule has 0 aromatic carbocycles. The highest BCUT2D eigenvalue weighted by Crippen LogP contribution is 2.28. The van der Waals surface area contributed by atoms with Crippen LogP contribution in [0, 0.1) is 11.8 Å². The van der Waals surface area contributed by atoms with Gasteiger partial charge in [0.15, 0.2) is 5.78 Å². The molecule has 5 nitrogen and oxygen atoms in total. The van der Waals surface area contributed by atoms with Crippen LogP contribution in [0.4, 0.5) is 4.79 Å². The summed E-state index contributed by atoms with van der Waals surface area (Å²) < 4.78 is 5.32. The molecule has 0 saturated carbocycles. The average molecular weight is 254 g/mol. The van der Waals surface area contributed by atoms with Gasteiger partial charge in [0.2, 0.25) is 0 Å². The molecule has 2 saturated heterocycles. The molecule has 102 valence electrons. The summed E-state index contributed by atoms with van der Waals surface area (Å²) in [6.07, 6.45) is -0.371. The molecule has 0 aliphatic carbocycles. The number of hydrogen-bond donors (Lipinski definition) is 0. The molecule has 1 amide bonds. The van der Waals surface area contributed by atoms with Crippen LogP contribution in [0.3, 0.4) is 0 Å². The zero-order valence-electron chi connectivity index (χ0n) is 11.6. The number of hydrogen-bond acceptors (Lipinski definition) is 4. The first kappa shape index (κ1) is 13.3. The molecular weight excluding hydrogens is 232 g/mol. The molecule has 2 aliphatic rings. The molecular formula is C13H22N2O3. The zero-order valence-corrected chi connectivity index (χ0v) is 11.6. The predicted octanol–water partition coefficient (Wildman–Crippen LogP) is 0.984. The van der Waals surface area contributed by atoms with Crippen molar-refractivity contribution in [2.45, 2.75) is 26.4 Å². The topological polar surface area (TPSA) is 49.9 Å². The highest BCUT2D eigenvalue weighted by atomic mass is 16.6. The van der Waals surface area contributed by atoms with Crippen molar-refractivity contribution in [1.82, 2.24) is 9.80 Å². The molecule has 2 aliphatic heterocycles. The Balaban J connectivity index is 2.00. The third-order valence-corrected chi connectivity index (χ3v) is 3.49. The van der Waals surface area contributed by atoms with Crippen molar-refractivity contribution < 1.29 is 14.3 Å². The van der Waals surface area contributed by atoms with Crippen LogP contribution in [0.15, 0.2) is 0 Å². The van der Waals surface area contributed by atoms with E-state index in [9.17, 15) is 9.59 Å². The first-order valence-corrected chi connectivity index (χ1v) is 6.45. The largest absolute Gasteiger partial charge is 0.444 e. The van der Waals surface area contributed by atoms with Gasteiger partial charge in [0, 0.05) is 31.5 Å². The van der Waals surface area contributed by atoms with Gasteiger partial charge in [-0.05, 0) is 27.8 Å². The summed E-state index contributed by atoms with van der Waals surface area (Å²) in [4.78, 5) is 27.7. The van der Waals surface area contributed by atoms with E-state index in [1.54, 1.807) is 4.90 Å². The normalized spacial score (nSPS) is 29.3. The number of carbonyl (C=O) groups is 2.